The molecule has 15 heavy (non-hydrogen) atoms. The first-order chi connectivity index (χ1) is 7.13. The highest BCUT2D eigenvalue weighted by atomic mass is 35.5. The molecule has 0 unspecified atom stereocenters. The first-order valence-corrected chi connectivity index (χ1v) is 4.81. The van der Waals surface area contributed by atoms with Crippen LogP contribution in [0.3, 0.4) is 0 Å². The van der Waals surface area contributed by atoms with Crippen LogP contribution in [0.15, 0.2) is 18.2 Å². The van der Waals surface area contributed by atoms with Crippen LogP contribution in [0.4, 0.5) is 5.69 Å². The first-order valence-electron chi connectivity index (χ1n) is 4.05. The van der Waals surface area contributed by atoms with E-state index in [4.69, 9.17) is 23.2 Å². The van der Waals surface area contributed by atoms with Crippen molar-refractivity contribution < 1.29 is 9.59 Å². The Morgan fingerprint density at radius 1 is 1.33 bits per heavy atom. The Balaban J connectivity index is 2.60. The van der Waals surface area contributed by atoms with Crippen molar-refractivity contribution in [3.63, 3.8) is 0 Å². The summed E-state index contributed by atoms with van der Waals surface area (Å²) in [5, 5.41) is 5.56. The molecule has 2 amide bonds. The van der Waals surface area contributed by atoms with Crippen LogP contribution < -0.4 is 10.6 Å². The molecule has 0 bridgehead atoms. The van der Waals surface area contributed by atoms with Gasteiger partial charge in [-0.1, -0.05) is 23.2 Å². The maximum Gasteiger partial charge on any atom is 0.243 e. The molecule has 1 aromatic rings. The van der Waals surface area contributed by atoms with Crippen molar-refractivity contribution in [1.82, 2.24) is 5.32 Å². The quantitative estimate of drug-likeness (QED) is 0.795. The maximum absolute atomic E-state index is 11.2. The summed E-state index contributed by atoms with van der Waals surface area (Å²) >= 11 is 11.4. The van der Waals surface area contributed by atoms with E-state index in [2.05, 4.69) is 10.6 Å². The molecule has 0 radical (unpaired) electrons. The lowest BCUT2D eigenvalue weighted by atomic mass is 10.3. The lowest BCUT2D eigenvalue weighted by molar-refractivity contribution is -0.118. The molecule has 0 atom stereocenters. The third-order valence-corrected chi connectivity index (χ3v) is 2.29. The molecule has 0 aromatic heterocycles. The SMILES string of the molecule is O=CNCC(=O)Nc1ccc(Cl)c(Cl)c1. The molecule has 80 valence electrons. The predicted octanol–water partition coefficient (Wildman–Crippen LogP) is 1.68. The number of hydrogen-bond acceptors (Lipinski definition) is 2. The topological polar surface area (TPSA) is 58.2 Å². The fourth-order valence-electron chi connectivity index (χ4n) is 0.913. The third-order valence-electron chi connectivity index (χ3n) is 1.55. The Morgan fingerprint density at radius 2 is 2.07 bits per heavy atom. The van der Waals surface area contributed by atoms with Crippen molar-refractivity contribution in [1.29, 1.82) is 0 Å². The molecule has 6 heteroatoms. The van der Waals surface area contributed by atoms with Crippen LogP contribution in [0.25, 0.3) is 0 Å². The van der Waals surface area contributed by atoms with E-state index in [9.17, 15) is 9.59 Å². The van der Waals surface area contributed by atoms with Gasteiger partial charge in [-0.2, -0.15) is 0 Å². The minimum Gasteiger partial charge on any atom is -0.350 e. The minimum absolute atomic E-state index is 0.0796. The molecular formula is C9H8Cl2N2O2. The number of rotatable bonds is 4. The zero-order valence-electron chi connectivity index (χ0n) is 7.59. The number of nitrogens with one attached hydrogen (secondary N) is 2. The summed E-state index contributed by atoms with van der Waals surface area (Å²) in [5.74, 6) is -0.333. The van der Waals surface area contributed by atoms with Crippen LogP contribution in [-0.4, -0.2) is 18.9 Å². The van der Waals surface area contributed by atoms with Gasteiger partial charge < -0.3 is 10.6 Å². The van der Waals surface area contributed by atoms with Crippen molar-refractivity contribution in [2.24, 2.45) is 0 Å². The van der Waals surface area contributed by atoms with E-state index >= 15 is 0 Å². The Labute approximate surface area is 96.6 Å². The summed E-state index contributed by atoms with van der Waals surface area (Å²) in [4.78, 5) is 21.1. The van der Waals surface area contributed by atoms with Gasteiger partial charge in [0.15, 0.2) is 0 Å². The molecular weight excluding hydrogens is 239 g/mol. The fraction of sp³-hybridized carbons (Fsp3) is 0.111. The molecule has 0 aliphatic heterocycles. The molecule has 0 saturated carbocycles. The normalized spacial score (nSPS) is 9.47. The van der Waals surface area contributed by atoms with Gasteiger partial charge in [-0.05, 0) is 18.2 Å². The minimum atomic E-state index is -0.333. The number of carbonyl (C=O) groups is 2. The number of halogens is 2. The van der Waals surface area contributed by atoms with Crippen LogP contribution in [0.5, 0.6) is 0 Å². The molecule has 0 spiro atoms. The standard InChI is InChI=1S/C9H8Cl2N2O2/c10-7-2-1-6(3-8(7)11)13-9(15)4-12-5-14/h1-3,5H,4H2,(H,12,14)(H,13,15). The molecule has 1 rings (SSSR count). The molecule has 1 aromatic carbocycles. The van der Waals surface area contributed by atoms with E-state index in [1.54, 1.807) is 12.1 Å². The summed E-state index contributed by atoms with van der Waals surface area (Å²) < 4.78 is 0. The fourth-order valence-corrected chi connectivity index (χ4v) is 1.21. The first kappa shape index (κ1) is 11.8. The van der Waals surface area contributed by atoms with Crippen molar-refractivity contribution in [2.75, 3.05) is 11.9 Å². The Hall–Kier alpha value is -1.26. The van der Waals surface area contributed by atoms with Gasteiger partial charge in [0.25, 0.3) is 0 Å². The van der Waals surface area contributed by atoms with Crippen LogP contribution in [0, 0.1) is 0 Å². The van der Waals surface area contributed by atoms with E-state index in [1.807, 2.05) is 0 Å². The average molecular weight is 247 g/mol. The Morgan fingerprint density at radius 3 is 2.67 bits per heavy atom. The molecule has 0 saturated heterocycles. The van der Waals surface area contributed by atoms with Gasteiger partial charge in [0, 0.05) is 5.69 Å². The van der Waals surface area contributed by atoms with E-state index < -0.39 is 0 Å². The smallest absolute Gasteiger partial charge is 0.243 e. The zero-order valence-corrected chi connectivity index (χ0v) is 9.10. The highest BCUT2D eigenvalue weighted by Crippen LogP contribution is 2.24. The molecule has 2 N–H and O–H groups in total. The van der Waals surface area contributed by atoms with E-state index in [-0.39, 0.29) is 12.5 Å². The number of benzene rings is 1. The average Bonchev–Trinajstić information content (AvgIpc) is 2.20. The number of amides is 2. The zero-order chi connectivity index (χ0) is 11.3. The summed E-state index contributed by atoms with van der Waals surface area (Å²) in [5.41, 5.74) is 0.530. The second-order valence-corrected chi connectivity index (χ2v) is 3.49. The molecule has 0 heterocycles. The number of carbonyl (C=O) groups excluding carboxylic acids is 2. The highest BCUT2D eigenvalue weighted by molar-refractivity contribution is 6.42. The maximum atomic E-state index is 11.2. The van der Waals surface area contributed by atoms with Gasteiger partial charge in [0.2, 0.25) is 12.3 Å². The van der Waals surface area contributed by atoms with E-state index in [0.29, 0.717) is 22.1 Å². The molecule has 0 fully saturated rings. The lowest BCUT2D eigenvalue weighted by Gasteiger charge is -2.05. The van der Waals surface area contributed by atoms with Crippen molar-refractivity contribution in [2.45, 2.75) is 0 Å². The van der Waals surface area contributed by atoms with Crippen LogP contribution in [0.1, 0.15) is 0 Å². The highest BCUT2D eigenvalue weighted by Gasteiger charge is 2.03. The summed E-state index contributed by atoms with van der Waals surface area (Å²) in [6.45, 7) is -0.0796. The largest absolute Gasteiger partial charge is 0.350 e. The summed E-state index contributed by atoms with van der Waals surface area (Å²) in [7, 11) is 0. The predicted molar refractivity (Wildman–Crippen MR) is 59.2 cm³/mol. The second kappa shape index (κ2) is 5.58. The van der Waals surface area contributed by atoms with Gasteiger partial charge in [0.1, 0.15) is 0 Å². The number of anilines is 1. The molecule has 0 aliphatic rings. The van der Waals surface area contributed by atoms with Gasteiger partial charge in [-0.3, -0.25) is 9.59 Å². The number of hydrogen-bond donors (Lipinski definition) is 2. The van der Waals surface area contributed by atoms with Gasteiger partial charge >= 0.3 is 0 Å². The molecule has 4 nitrogen and oxygen atoms in total. The lowest BCUT2D eigenvalue weighted by Crippen LogP contribution is -2.26. The van der Waals surface area contributed by atoms with E-state index in [1.165, 1.54) is 6.07 Å². The molecule has 0 aliphatic carbocycles. The Kier molecular flexibility index (Phi) is 4.39. The van der Waals surface area contributed by atoms with Crippen LogP contribution in [-0.2, 0) is 9.59 Å². The third kappa shape index (κ3) is 3.77. The second-order valence-electron chi connectivity index (χ2n) is 2.68. The van der Waals surface area contributed by atoms with Gasteiger partial charge in [0.05, 0.1) is 16.6 Å². The van der Waals surface area contributed by atoms with Crippen LogP contribution >= 0.6 is 23.2 Å². The monoisotopic (exact) mass is 246 g/mol. The van der Waals surface area contributed by atoms with Gasteiger partial charge in [-0.15, -0.1) is 0 Å². The Bertz CT molecular complexity index is 382. The summed E-state index contributed by atoms with van der Waals surface area (Å²) in [6, 6.07) is 4.72. The van der Waals surface area contributed by atoms with Gasteiger partial charge in [-0.25, -0.2) is 0 Å². The van der Waals surface area contributed by atoms with Crippen molar-refractivity contribution >= 4 is 41.2 Å². The van der Waals surface area contributed by atoms with Crippen LogP contribution in [0.2, 0.25) is 10.0 Å². The van der Waals surface area contributed by atoms with Crippen molar-refractivity contribution in [3.05, 3.63) is 28.2 Å². The van der Waals surface area contributed by atoms with E-state index in [0.717, 1.165) is 0 Å². The van der Waals surface area contributed by atoms with Crippen molar-refractivity contribution in [3.8, 4) is 0 Å². The summed E-state index contributed by atoms with van der Waals surface area (Å²) in [6.07, 6.45) is 0.453.